The third kappa shape index (κ3) is 1.44. The molecule has 0 unspecified atom stereocenters. The van der Waals surface area contributed by atoms with Crippen LogP contribution in [0.1, 0.15) is 33.1 Å². The summed E-state index contributed by atoms with van der Waals surface area (Å²) in [6.07, 6.45) is 4.50. The van der Waals surface area contributed by atoms with Gasteiger partial charge in [0.05, 0.1) is 0 Å². The molecule has 2 fully saturated rings. The third-order valence-electron chi connectivity index (χ3n) is 3.12. The largest absolute Gasteiger partial charge is 0.300 e. The van der Waals surface area contributed by atoms with E-state index < -0.39 is 0 Å². The van der Waals surface area contributed by atoms with Gasteiger partial charge in [-0.25, -0.2) is 0 Å². The molecule has 1 saturated carbocycles. The number of fused-ring (bicyclic) bond motifs is 2. The number of likely N-dealkylation sites (tertiary alicyclic amines) is 1. The molecule has 0 spiro atoms. The molecule has 11 heavy (non-hydrogen) atoms. The van der Waals surface area contributed by atoms with Gasteiger partial charge in [-0.05, 0) is 31.1 Å². The lowest BCUT2D eigenvalue weighted by Gasteiger charge is -2.28. The summed E-state index contributed by atoms with van der Waals surface area (Å²) in [5, 5.41) is 0. The van der Waals surface area contributed by atoms with Crippen LogP contribution in [0, 0.1) is 11.8 Å². The lowest BCUT2D eigenvalue weighted by molar-refractivity contribution is 0.192. The highest BCUT2D eigenvalue weighted by Gasteiger charge is 2.37. The highest BCUT2D eigenvalue weighted by molar-refractivity contribution is 4.92. The van der Waals surface area contributed by atoms with Crippen molar-refractivity contribution in [2.45, 2.75) is 39.2 Å². The van der Waals surface area contributed by atoms with E-state index in [1.54, 1.807) is 0 Å². The Morgan fingerprint density at radius 3 is 2.64 bits per heavy atom. The molecule has 1 nitrogen and oxygen atoms in total. The van der Waals surface area contributed by atoms with E-state index in [2.05, 4.69) is 18.7 Å². The van der Waals surface area contributed by atoms with E-state index in [1.165, 1.54) is 32.4 Å². The van der Waals surface area contributed by atoms with Gasteiger partial charge in [0, 0.05) is 19.1 Å². The number of nitrogens with zero attached hydrogens (tertiary/aromatic N) is 1. The van der Waals surface area contributed by atoms with Crippen LogP contribution in [0.4, 0.5) is 0 Å². The fourth-order valence-electron chi connectivity index (χ4n) is 2.72. The van der Waals surface area contributed by atoms with Crippen LogP contribution in [-0.2, 0) is 0 Å². The van der Waals surface area contributed by atoms with Gasteiger partial charge in [0.15, 0.2) is 0 Å². The summed E-state index contributed by atoms with van der Waals surface area (Å²) in [4.78, 5) is 2.71. The summed E-state index contributed by atoms with van der Waals surface area (Å²) < 4.78 is 0. The normalized spacial score (nSPS) is 37.4. The number of hydrogen-bond acceptors (Lipinski definition) is 1. The first-order valence-electron chi connectivity index (χ1n) is 4.99. The van der Waals surface area contributed by atoms with E-state index in [0.29, 0.717) is 0 Å². The van der Waals surface area contributed by atoms with Crippen molar-refractivity contribution in [3.8, 4) is 0 Å². The van der Waals surface area contributed by atoms with E-state index in [0.717, 1.165) is 17.9 Å². The average molecular weight is 153 g/mol. The highest BCUT2D eigenvalue weighted by atomic mass is 15.2. The lowest BCUT2D eigenvalue weighted by Crippen LogP contribution is -2.34. The van der Waals surface area contributed by atoms with Gasteiger partial charge in [0.25, 0.3) is 0 Å². The molecule has 0 aromatic heterocycles. The molecule has 1 heterocycles. The Bertz CT molecular complexity index is 142. The Hall–Kier alpha value is -0.0400. The van der Waals surface area contributed by atoms with E-state index in [4.69, 9.17) is 0 Å². The molecule has 64 valence electrons. The molecule has 1 saturated heterocycles. The van der Waals surface area contributed by atoms with Gasteiger partial charge in [-0.2, -0.15) is 0 Å². The molecule has 2 aliphatic rings. The molecule has 2 bridgehead atoms. The predicted octanol–water partition coefficient (Wildman–Crippen LogP) is 2.13. The zero-order valence-corrected chi connectivity index (χ0v) is 7.71. The monoisotopic (exact) mass is 153 g/mol. The van der Waals surface area contributed by atoms with Crippen LogP contribution in [0.3, 0.4) is 0 Å². The minimum atomic E-state index is 0.856. The fourth-order valence-corrected chi connectivity index (χ4v) is 2.72. The molecule has 1 aliphatic carbocycles. The second-order valence-corrected chi connectivity index (χ2v) is 4.68. The standard InChI is InChI=1S/C10H19N/c1-8(2)6-11-7-9-3-4-10(11)5-9/h8-10H,3-7H2,1-2H3/t9-,10+/m0/s1. The smallest absolute Gasteiger partial charge is 0.00987 e. The maximum absolute atomic E-state index is 2.71. The molecule has 1 heteroatoms. The van der Waals surface area contributed by atoms with Crippen molar-refractivity contribution < 1.29 is 0 Å². The first-order chi connectivity index (χ1) is 5.25. The van der Waals surface area contributed by atoms with Crippen molar-refractivity contribution >= 4 is 0 Å². The molecule has 0 radical (unpaired) electrons. The first-order valence-corrected chi connectivity index (χ1v) is 4.99. The minimum Gasteiger partial charge on any atom is -0.300 e. The zero-order valence-electron chi connectivity index (χ0n) is 7.71. The Morgan fingerprint density at radius 1 is 1.36 bits per heavy atom. The van der Waals surface area contributed by atoms with Gasteiger partial charge in [-0.3, -0.25) is 4.90 Å². The third-order valence-corrected chi connectivity index (χ3v) is 3.12. The quantitative estimate of drug-likeness (QED) is 0.587. The van der Waals surface area contributed by atoms with Crippen LogP contribution in [0.2, 0.25) is 0 Å². The van der Waals surface area contributed by atoms with Gasteiger partial charge in [0.2, 0.25) is 0 Å². The zero-order chi connectivity index (χ0) is 7.84. The van der Waals surface area contributed by atoms with Crippen LogP contribution in [0.5, 0.6) is 0 Å². The number of piperidine rings is 1. The fraction of sp³-hybridized carbons (Fsp3) is 1.00. The summed E-state index contributed by atoms with van der Waals surface area (Å²) in [7, 11) is 0. The maximum Gasteiger partial charge on any atom is 0.00987 e. The van der Waals surface area contributed by atoms with E-state index in [1.807, 2.05) is 0 Å². The van der Waals surface area contributed by atoms with E-state index >= 15 is 0 Å². The van der Waals surface area contributed by atoms with Gasteiger partial charge in [-0.15, -0.1) is 0 Å². The molecule has 2 rings (SSSR count). The molecule has 0 N–H and O–H groups in total. The maximum atomic E-state index is 2.71. The van der Waals surface area contributed by atoms with E-state index in [-0.39, 0.29) is 0 Å². The molecular formula is C10H19N. The van der Waals surface area contributed by atoms with E-state index in [9.17, 15) is 0 Å². The summed E-state index contributed by atoms with van der Waals surface area (Å²) in [6.45, 7) is 7.39. The Kier molecular flexibility index (Phi) is 1.92. The Balaban J connectivity index is 1.87. The van der Waals surface area contributed by atoms with Crippen LogP contribution < -0.4 is 0 Å². The highest BCUT2D eigenvalue weighted by Crippen LogP contribution is 2.37. The second-order valence-electron chi connectivity index (χ2n) is 4.68. The Labute approximate surface area is 69.8 Å². The van der Waals surface area contributed by atoms with Crippen molar-refractivity contribution in [3.05, 3.63) is 0 Å². The topological polar surface area (TPSA) is 3.24 Å². The average Bonchev–Trinajstić information content (AvgIpc) is 2.45. The molecule has 0 aromatic carbocycles. The lowest BCUT2D eigenvalue weighted by atomic mass is 10.1. The van der Waals surface area contributed by atoms with Gasteiger partial charge >= 0.3 is 0 Å². The van der Waals surface area contributed by atoms with Crippen molar-refractivity contribution in [1.82, 2.24) is 4.90 Å². The summed E-state index contributed by atoms with van der Waals surface area (Å²) >= 11 is 0. The van der Waals surface area contributed by atoms with Crippen molar-refractivity contribution in [2.75, 3.05) is 13.1 Å². The minimum absolute atomic E-state index is 0.856. The summed E-state index contributed by atoms with van der Waals surface area (Å²) in [5.74, 6) is 1.92. The molecular weight excluding hydrogens is 134 g/mol. The SMILES string of the molecule is CC(C)CN1C[C@H]2CC[C@@H]1C2. The van der Waals surface area contributed by atoms with Crippen LogP contribution in [0.15, 0.2) is 0 Å². The first kappa shape index (κ1) is 7.60. The molecule has 2 atom stereocenters. The molecule has 0 amide bonds. The summed E-state index contributed by atoms with van der Waals surface area (Å²) in [5.41, 5.74) is 0. The second kappa shape index (κ2) is 2.78. The number of hydrogen-bond donors (Lipinski definition) is 0. The molecule has 1 aliphatic heterocycles. The van der Waals surface area contributed by atoms with Crippen molar-refractivity contribution in [2.24, 2.45) is 11.8 Å². The summed E-state index contributed by atoms with van der Waals surface area (Å²) in [6, 6.07) is 0.974. The van der Waals surface area contributed by atoms with Crippen LogP contribution >= 0.6 is 0 Å². The van der Waals surface area contributed by atoms with Crippen molar-refractivity contribution in [1.29, 1.82) is 0 Å². The van der Waals surface area contributed by atoms with Crippen LogP contribution in [-0.4, -0.2) is 24.0 Å². The number of rotatable bonds is 2. The van der Waals surface area contributed by atoms with Gasteiger partial charge in [0.1, 0.15) is 0 Å². The van der Waals surface area contributed by atoms with Gasteiger partial charge < -0.3 is 0 Å². The van der Waals surface area contributed by atoms with Gasteiger partial charge in [-0.1, -0.05) is 13.8 Å². The predicted molar refractivity (Wildman–Crippen MR) is 47.5 cm³/mol. The van der Waals surface area contributed by atoms with Crippen LogP contribution in [0.25, 0.3) is 0 Å². The Morgan fingerprint density at radius 2 is 2.18 bits per heavy atom. The van der Waals surface area contributed by atoms with Crippen molar-refractivity contribution in [3.63, 3.8) is 0 Å². The molecule has 0 aromatic rings.